The number of fused-ring (bicyclic) bond motifs is 3. The average molecular weight is 372 g/mol. The molecule has 8 heteroatoms. The van der Waals surface area contributed by atoms with Crippen LogP contribution in [0.2, 0.25) is 0 Å². The minimum Gasteiger partial charge on any atom is -0.467 e. The SMILES string of the molecule is Nc1nc(=O)n(CC(=O)NCc2ccco2)c2sc3c(c12)CCCCC3. The quantitative estimate of drug-likeness (QED) is 0.684. The van der Waals surface area contributed by atoms with Gasteiger partial charge in [-0.15, -0.1) is 11.3 Å². The minimum atomic E-state index is -0.487. The first-order valence-corrected chi connectivity index (χ1v) is 9.55. The summed E-state index contributed by atoms with van der Waals surface area (Å²) in [4.78, 5) is 30.7. The number of amides is 1. The zero-order valence-corrected chi connectivity index (χ0v) is 15.1. The molecule has 0 saturated carbocycles. The highest BCUT2D eigenvalue weighted by atomic mass is 32.1. The van der Waals surface area contributed by atoms with Crippen LogP contribution >= 0.6 is 11.3 Å². The van der Waals surface area contributed by atoms with Crippen LogP contribution in [-0.2, 0) is 30.7 Å². The fraction of sp³-hybridized carbons (Fsp3) is 0.389. The van der Waals surface area contributed by atoms with Gasteiger partial charge in [0, 0.05) is 4.88 Å². The van der Waals surface area contributed by atoms with Crippen molar-refractivity contribution >= 4 is 33.3 Å². The molecule has 1 aliphatic rings. The van der Waals surface area contributed by atoms with E-state index < -0.39 is 5.69 Å². The van der Waals surface area contributed by atoms with Crippen molar-refractivity contribution in [1.82, 2.24) is 14.9 Å². The molecule has 1 amide bonds. The van der Waals surface area contributed by atoms with Crippen molar-refractivity contribution in [3.63, 3.8) is 0 Å². The fourth-order valence-corrected chi connectivity index (χ4v) is 4.82. The summed E-state index contributed by atoms with van der Waals surface area (Å²) in [7, 11) is 0. The lowest BCUT2D eigenvalue weighted by Gasteiger charge is -2.09. The van der Waals surface area contributed by atoms with Crippen molar-refractivity contribution in [3.8, 4) is 0 Å². The standard InChI is InChI=1S/C18H20N4O3S/c19-16-15-12-6-2-1-3-7-13(12)26-17(15)22(18(24)21-16)10-14(23)20-9-11-5-4-8-25-11/h4-5,8H,1-3,6-7,9-10H2,(H,20,23)(H2,19,21,24). The van der Waals surface area contributed by atoms with Crippen molar-refractivity contribution in [3.05, 3.63) is 45.1 Å². The third kappa shape index (κ3) is 3.12. The summed E-state index contributed by atoms with van der Waals surface area (Å²) in [5.74, 6) is 0.672. The monoisotopic (exact) mass is 372 g/mol. The Hall–Kier alpha value is -2.61. The fourth-order valence-electron chi connectivity index (χ4n) is 3.43. The Balaban J connectivity index is 1.66. The number of nitrogens with two attached hydrogens (primary N) is 1. The van der Waals surface area contributed by atoms with Crippen LogP contribution in [0, 0.1) is 0 Å². The first kappa shape index (κ1) is 16.8. The van der Waals surface area contributed by atoms with Gasteiger partial charge in [-0.05, 0) is 43.4 Å². The van der Waals surface area contributed by atoms with Crippen LogP contribution in [0.5, 0.6) is 0 Å². The van der Waals surface area contributed by atoms with E-state index in [2.05, 4.69) is 10.3 Å². The van der Waals surface area contributed by atoms with Gasteiger partial charge >= 0.3 is 5.69 Å². The van der Waals surface area contributed by atoms with E-state index in [4.69, 9.17) is 10.2 Å². The molecule has 3 aromatic rings. The molecule has 7 nitrogen and oxygen atoms in total. The number of nitrogens with one attached hydrogen (secondary N) is 1. The van der Waals surface area contributed by atoms with E-state index in [1.807, 2.05) is 0 Å². The molecule has 136 valence electrons. The Morgan fingerprint density at radius 2 is 2.19 bits per heavy atom. The molecule has 26 heavy (non-hydrogen) atoms. The number of hydrogen-bond donors (Lipinski definition) is 2. The number of anilines is 1. The number of nitrogens with zero attached hydrogens (tertiary/aromatic N) is 2. The van der Waals surface area contributed by atoms with Crippen LogP contribution in [0.1, 0.15) is 35.5 Å². The van der Waals surface area contributed by atoms with Crippen molar-refractivity contribution in [2.24, 2.45) is 0 Å². The second-order valence-electron chi connectivity index (χ2n) is 6.47. The molecule has 0 unspecified atom stereocenters. The van der Waals surface area contributed by atoms with Crippen molar-refractivity contribution in [1.29, 1.82) is 0 Å². The summed E-state index contributed by atoms with van der Waals surface area (Å²) in [5.41, 5.74) is 6.79. The Bertz CT molecular complexity index is 1000. The van der Waals surface area contributed by atoms with Gasteiger partial charge in [0.05, 0.1) is 18.2 Å². The summed E-state index contributed by atoms with van der Waals surface area (Å²) >= 11 is 1.57. The van der Waals surface area contributed by atoms with E-state index in [0.29, 0.717) is 5.76 Å². The van der Waals surface area contributed by atoms with Crippen LogP contribution in [0.25, 0.3) is 10.2 Å². The molecule has 3 N–H and O–H groups in total. The summed E-state index contributed by atoms with van der Waals surface area (Å²) in [5, 5.41) is 3.62. The molecule has 1 aliphatic carbocycles. The van der Waals surface area contributed by atoms with Crippen molar-refractivity contribution < 1.29 is 9.21 Å². The van der Waals surface area contributed by atoms with Gasteiger partial charge in [-0.1, -0.05) is 6.42 Å². The van der Waals surface area contributed by atoms with E-state index in [1.165, 1.54) is 21.4 Å². The smallest absolute Gasteiger partial charge is 0.351 e. The van der Waals surface area contributed by atoms with Crippen LogP contribution < -0.4 is 16.7 Å². The number of furan rings is 1. The first-order valence-electron chi connectivity index (χ1n) is 8.73. The largest absolute Gasteiger partial charge is 0.467 e. The molecule has 0 saturated heterocycles. The number of nitrogen functional groups attached to an aromatic ring is 1. The predicted octanol–water partition coefficient (Wildman–Crippen LogP) is 2.22. The molecule has 0 radical (unpaired) electrons. The molecule has 3 heterocycles. The van der Waals surface area contributed by atoms with E-state index in [9.17, 15) is 9.59 Å². The molecule has 0 bridgehead atoms. The number of carbonyl (C=O) groups excluding carboxylic acids is 1. The highest BCUT2D eigenvalue weighted by molar-refractivity contribution is 7.19. The maximum absolute atomic E-state index is 12.4. The molecular weight excluding hydrogens is 352 g/mol. The third-order valence-corrected chi connectivity index (χ3v) is 6.01. The van der Waals surface area contributed by atoms with Gasteiger partial charge in [-0.25, -0.2) is 4.79 Å². The van der Waals surface area contributed by atoms with Crippen molar-refractivity contribution in [2.75, 3.05) is 5.73 Å². The molecule has 3 aromatic heterocycles. The maximum Gasteiger partial charge on any atom is 0.351 e. The highest BCUT2D eigenvalue weighted by Gasteiger charge is 2.21. The van der Waals surface area contributed by atoms with E-state index >= 15 is 0 Å². The molecular formula is C18H20N4O3S. The van der Waals surface area contributed by atoms with E-state index in [-0.39, 0.29) is 24.8 Å². The van der Waals surface area contributed by atoms with Gasteiger partial charge < -0.3 is 15.5 Å². The second-order valence-corrected chi connectivity index (χ2v) is 7.55. The Morgan fingerprint density at radius 1 is 1.35 bits per heavy atom. The summed E-state index contributed by atoms with van der Waals surface area (Å²) in [6.07, 6.45) is 6.95. The van der Waals surface area contributed by atoms with Crippen LogP contribution in [0.4, 0.5) is 5.82 Å². The normalized spacial score (nSPS) is 14.2. The zero-order chi connectivity index (χ0) is 18.1. The van der Waals surface area contributed by atoms with Gasteiger partial charge in [-0.3, -0.25) is 9.36 Å². The number of aryl methyl sites for hydroxylation is 2. The Labute approximate surface area is 153 Å². The average Bonchev–Trinajstić information content (AvgIpc) is 3.20. The molecule has 0 aromatic carbocycles. The molecule has 0 aliphatic heterocycles. The van der Waals surface area contributed by atoms with Gasteiger partial charge in [0.15, 0.2) is 0 Å². The zero-order valence-electron chi connectivity index (χ0n) is 14.3. The van der Waals surface area contributed by atoms with Crippen molar-refractivity contribution in [2.45, 2.75) is 45.2 Å². The Kier molecular flexibility index (Phi) is 4.50. The minimum absolute atomic E-state index is 0.0806. The lowest BCUT2D eigenvalue weighted by atomic mass is 10.1. The second kappa shape index (κ2) is 6.95. The number of rotatable bonds is 4. The van der Waals surface area contributed by atoms with Gasteiger partial charge in [0.1, 0.15) is 23.0 Å². The Morgan fingerprint density at radius 3 is 3.00 bits per heavy atom. The molecule has 0 fully saturated rings. The number of aromatic nitrogens is 2. The number of thiophene rings is 1. The summed E-state index contributed by atoms with van der Waals surface area (Å²) in [6.45, 7) is 0.204. The molecule has 0 spiro atoms. The van der Waals surface area contributed by atoms with E-state index in [1.54, 1.807) is 29.7 Å². The number of hydrogen-bond acceptors (Lipinski definition) is 6. The summed E-state index contributed by atoms with van der Waals surface area (Å²) < 4.78 is 6.63. The van der Waals surface area contributed by atoms with Gasteiger partial charge in [0.25, 0.3) is 0 Å². The van der Waals surface area contributed by atoms with Gasteiger partial charge in [-0.2, -0.15) is 4.98 Å². The third-order valence-electron chi connectivity index (χ3n) is 4.69. The summed E-state index contributed by atoms with van der Waals surface area (Å²) in [6, 6.07) is 3.55. The lowest BCUT2D eigenvalue weighted by molar-refractivity contribution is -0.121. The number of carbonyl (C=O) groups is 1. The first-order chi connectivity index (χ1) is 12.6. The predicted molar refractivity (Wildman–Crippen MR) is 100 cm³/mol. The molecule has 0 atom stereocenters. The topological polar surface area (TPSA) is 103 Å². The van der Waals surface area contributed by atoms with E-state index in [0.717, 1.165) is 35.9 Å². The molecule has 4 rings (SSSR count). The van der Waals surface area contributed by atoms with Crippen LogP contribution in [0.3, 0.4) is 0 Å². The van der Waals surface area contributed by atoms with Crippen LogP contribution in [-0.4, -0.2) is 15.5 Å². The highest BCUT2D eigenvalue weighted by Crippen LogP contribution is 2.37. The van der Waals surface area contributed by atoms with Gasteiger partial charge in [0.2, 0.25) is 5.91 Å². The van der Waals surface area contributed by atoms with Crippen LogP contribution in [0.15, 0.2) is 27.6 Å². The lowest BCUT2D eigenvalue weighted by Crippen LogP contribution is -2.33. The maximum atomic E-state index is 12.4.